The number of carbonyl (C=O) groups is 1. The van der Waals surface area contributed by atoms with Crippen LogP contribution in [-0.4, -0.2) is 59.3 Å². The van der Waals surface area contributed by atoms with Crippen LogP contribution >= 0.6 is 0 Å². The van der Waals surface area contributed by atoms with Crippen molar-refractivity contribution in [2.45, 2.75) is 6.54 Å². The first-order valence-electron chi connectivity index (χ1n) is 7.03. The van der Waals surface area contributed by atoms with Gasteiger partial charge >= 0.3 is 0 Å². The summed E-state index contributed by atoms with van der Waals surface area (Å²) >= 11 is 0. The van der Waals surface area contributed by atoms with E-state index in [0.717, 1.165) is 5.69 Å². The maximum absolute atomic E-state index is 11.5. The lowest BCUT2D eigenvalue weighted by molar-refractivity contribution is -0.130. The van der Waals surface area contributed by atoms with Gasteiger partial charge in [0.15, 0.2) is 6.61 Å². The molecule has 0 saturated carbocycles. The van der Waals surface area contributed by atoms with E-state index in [2.05, 4.69) is 15.0 Å². The minimum absolute atomic E-state index is 0.0478. The predicted molar refractivity (Wildman–Crippen MR) is 87.7 cm³/mol. The van der Waals surface area contributed by atoms with Crippen molar-refractivity contribution in [3.63, 3.8) is 0 Å². The first-order chi connectivity index (χ1) is 11.0. The summed E-state index contributed by atoms with van der Waals surface area (Å²) in [5.41, 5.74) is 7.38. The molecular formula is C15H20N6O2. The van der Waals surface area contributed by atoms with E-state index in [1.807, 2.05) is 12.1 Å². The number of carbonyl (C=O) groups excluding carboxylic acids is 1. The van der Waals surface area contributed by atoms with E-state index < -0.39 is 0 Å². The molecule has 0 atom stereocenters. The van der Waals surface area contributed by atoms with Gasteiger partial charge in [-0.05, 0) is 6.07 Å². The van der Waals surface area contributed by atoms with E-state index in [1.54, 1.807) is 44.3 Å². The molecule has 0 saturated heterocycles. The van der Waals surface area contributed by atoms with Crippen LogP contribution in [0.1, 0.15) is 11.4 Å². The van der Waals surface area contributed by atoms with Gasteiger partial charge in [0.2, 0.25) is 5.88 Å². The molecule has 0 aromatic carbocycles. The Morgan fingerprint density at radius 2 is 2.26 bits per heavy atom. The predicted octanol–water partition coefficient (Wildman–Crippen LogP) is 0.424. The highest BCUT2D eigenvalue weighted by molar-refractivity contribution is 5.83. The summed E-state index contributed by atoms with van der Waals surface area (Å²) in [6, 6.07) is 5.38. The number of anilines is 1. The van der Waals surface area contributed by atoms with E-state index in [1.165, 1.54) is 4.90 Å². The van der Waals surface area contributed by atoms with Crippen molar-refractivity contribution in [1.29, 1.82) is 0 Å². The number of rotatable bonds is 6. The van der Waals surface area contributed by atoms with Crippen LogP contribution in [0, 0.1) is 0 Å². The quantitative estimate of drug-likeness (QED) is 0.779. The fourth-order valence-electron chi connectivity index (χ4n) is 1.82. The number of imidazole rings is 1. The smallest absolute Gasteiger partial charge is 0.260 e. The van der Waals surface area contributed by atoms with Crippen molar-refractivity contribution in [3.8, 4) is 5.88 Å². The molecule has 0 aliphatic carbocycles. The normalized spacial score (nSPS) is 10.9. The molecule has 0 fully saturated rings. The molecular weight excluding hydrogens is 296 g/mol. The second-order valence-corrected chi connectivity index (χ2v) is 5.07. The van der Waals surface area contributed by atoms with Crippen LogP contribution in [-0.2, 0) is 11.3 Å². The minimum atomic E-state index is -0.125. The van der Waals surface area contributed by atoms with Crippen LogP contribution in [0.3, 0.4) is 0 Å². The van der Waals surface area contributed by atoms with Crippen molar-refractivity contribution in [2.24, 2.45) is 4.99 Å². The van der Waals surface area contributed by atoms with Gasteiger partial charge in [0, 0.05) is 27.2 Å². The highest BCUT2D eigenvalue weighted by Gasteiger charge is 2.09. The fourth-order valence-corrected chi connectivity index (χ4v) is 1.82. The Morgan fingerprint density at radius 3 is 2.96 bits per heavy atom. The zero-order valence-corrected chi connectivity index (χ0v) is 13.4. The topological polar surface area (TPSA) is 98.6 Å². The minimum Gasteiger partial charge on any atom is -0.468 e. The summed E-state index contributed by atoms with van der Waals surface area (Å²) < 4.78 is 7.17. The van der Waals surface area contributed by atoms with Crippen LogP contribution in [0.5, 0.6) is 5.88 Å². The van der Waals surface area contributed by atoms with Crippen molar-refractivity contribution >= 4 is 17.9 Å². The molecule has 23 heavy (non-hydrogen) atoms. The van der Waals surface area contributed by atoms with Gasteiger partial charge in [-0.1, -0.05) is 6.07 Å². The lowest BCUT2D eigenvalue weighted by Gasteiger charge is -2.11. The molecule has 2 rings (SSSR count). The molecule has 0 radical (unpaired) electrons. The van der Waals surface area contributed by atoms with Gasteiger partial charge in [-0.2, -0.15) is 0 Å². The van der Waals surface area contributed by atoms with Gasteiger partial charge in [-0.3, -0.25) is 9.79 Å². The second-order valence-electron chi connectivity index (χ2n) is 5.07. The molecule has 122 valence electrons. The number of aromatic nitrogens is 3. The molecule has 2 aromatic rings. The lowest BCUT2D eigenvalue weighted by Crippen LogP contribution is -2.27. The number of nitrogens with zero attached hydrogens (tertiary/aromatic N) is 5. The molecule has 0 unspecified atom stereocenters. The number of nitrogen functional groups attached to an aromatic ring is 1. The van der Waals surface area contributed by atoms with Crippen molar-refractivity contribution in [1.82, 2.24) is 19.4 Å². The SMILES string of the molecule is CN=Cc1ncn(Cc2cccc(OCC(=O)N(C)C)n2)c1N. The van der Waals surface area contributed by atoms with Gasteiger partial charge in [0.05, 0.1) is 24.8 Å². The average molecular weight is 316 g/mol. The Bertz CT molecular complexity index is 708. The monoisotopic (exact) mass is 316 g/mol. The summed E-state index contributed by atoms with van der Waals surface area (Å²) in [6.45, 7) is 0.406. The first kappa shape index (κ1) is 16.5. The number of amides is 1. The number of hydrogen-bond donors (Lipinski definition) is 1. The standard InChI is InChI=1S/C15H20N6O2/c1-17-7-12-15(16)21(10-18-12)8-11-5-4-6-13(19-11)23-9-14(22)20(2)3/h4-7,10H,8-9,16H2,1-3H3. The largest absolute Gasteiger partial charge is 0.468 e. The zero-order chi connectivity index (χ0) is 16.8. The molecule has 2 aromatic heterocycles. The molecule has 0 aliphatic rings. The van der Waals surface area contributed by atoms with Crippen molar-refractivity contribution < 1.29 is 9.53 Å². The maximum atomic E-state index is 11.5. The zero-order valence-electron chi connectivity index (χ0n) is 13.4. The molecule has 2 N–H and O–H groups in total. The molecule has 1 amide bonds. The van der Waals surface area contributed by atoms with E-state index >= 15 is 0 Å². The Labute approximate surface area is 134 Å². The summed E-state index contributed by atoms with van der Waals surface area (Å²) in [6.07, 6.45) is 3.24. The summed E-state index contributed by atoms with van der Waals surface area (Å²) in [5.74, 6) is 0.790. The molecule has 8 nitrogen and oxygen atoms in total. The fraction of sp³-hybridized carbons (Fsp3) is 0.333. The van der Waals surface area contributed by atoms with E-state index in [0.29, 0.717) is 23.9 Å². The molecule has 8 heteroatoms. The molecule has 0 spiro atoms. The molecule has 2 heterocycles. The van der Waals surface area contributed by atoms with Gasteiger partial charge in [0.1, 0.15) is 11.5 Å². The van der Waals surface area contributed by atoms with Crippen LogP contribution in [0.25, 0.3) is 0 Å². The summed E-state index contributed by atoms with van der Waals surface area (Å²) in [7, 11) is 5.01. The molecule has 0 bridgehead atoms. The van der Waals surface area contributed by atoms with Gasteiger partial charge in [0.25, 0.3) is 5.91 Å². The number of pyridine rings is 1. The Morgan fingerprint density at radius 1 is 1.48 bits per heavy atom. The number of likely N-dealkylation sites (N-methyl/N-ethyl adjacent to an activating group) is 1. The van der Waals surface area contributed by atoms with Crippen LogP contribution < -0.4 is 10.5 Å². The van der Waals surface area contributed by atoms with E-state index in [4.69, 9.17) is 10.5 Å². The van der Waals surface area contributed by atoms with Gasteiger partial charge < -0.3 is 19.9 Å². The van der Waals surface area contributed by atoms with Crippen LogP contribution in [0.2, 0.25) is 0 Å². The second kappa shape index (κ2) is 7.39. The summed E-state index contributed by atoms with van der Waals surface area (Å²) in [4.78, 5) is 25.4. The third kappa shape index (κ3) is 4.29. The third-order valence-corrected chi connectivity index (χ3v) is 3.12. The average Bonchev–Trinajstić information content (AvgIpc) is 2.86. The van der Waals surface area contributed by atoms with E-state index in [9.17, 15) is 4.79 Å². The van der Waals surface area contributed by atoms with Crippen LogP contribution in [0.15, 0.2) is 29.5 Å². The Balaban J connectivity index is 2.07. The number of ether oxygens (including phenoxy) is 1. The molecule has 0 aliphatic heterocycles. The number of nitrogens with two attached hydrogens (primary N) is 1. The Hall–Kier alpha value is -2.90. The number of aliphatic imine (C=N–C) groups is 1. The Kier molecular flexibility index (Phi) is 5.29. The summed E-state index contributed by atoms with van der Waals surface area (Å²) in [5, 5.41) is 0. The first-order valence-corrected chi connectivity index (χ1v) is 7.03. The lowest BCUT2D eigenvalue weighted by atomic mass is 10.3. The third-order valence-electron chi connectivity index (χ3n) is 3.12. The van der Waals surface area contributed by atoms with Gasteiger partial charge in [-0.25, -0.2) is 9.97 Å². The van der Waals surface area contributed by atoms with E-state index in [-0.39, 0.29) is 12.5 Å². The van der Waals surface area contributed by atoms with Crippen molar-refractivity contribution in [3.05, 3.63) is 35.9 Å². The maximum Gasteiger partial charge on any atom is 0.260 e. The number of hydrogen-bond acceptors (Lipinski definition) is 6. The van der Waals surface area contributed by atoms with Gasteiger partial charge in [-0.15, -0.1) is 0 Å². The van der Waals surface area contributed by atoms with Crippen LogP contribution in [0.4, 0.5) is 5.82 Å². The highest BCUT2D eigenvalue weighted by atomic mass is 16.5. The highest BCUT2D eigenvalue weighted by Crippen LogP contribution is 2.13. The van der Waals surface area contributed by atoms with Crippen molar-refractivity contribution in [2.75, 3.05) is 33.5 Å².